The Kier molecular flexibility index (Phi) is 2.51. The zero-order valence-electron chi connectivity index (χ0n) is 11.8. The van der Waals surface area contributed by atoms with Crippen LogP contribution in [0.4, 0.5) is 5.82 Å². The van der Waals surface area contributed by atoms with Gasteiger partial charge in [0.1, 0.15) is 11.6 Å². The number of rotatable bonds is 1. The van der Waals surface area contributed by atoms with E-state index in [1.54, 1.807) is 6.20 Å². The highest BCUT2D eigenvalue weighted by atomic mass is 35.5. The molecule has 2 saturated carbocycles. The summed E-state index contributed by atoms with van der Waals surface area (Å²) < 4.78 is 17.1. The average Bonchev–Trinajstić information content (AvgIpc) is 2.74. The summed E-state index contributed by atoms with van der Waals surface area (Å²) >= 11 is 5.90. The quantitative estimate of drug-likeness (QED) is 0.446. The van der Waals surface area contributed by atoms with Crippen molar-refractivity contribution < 1.29 is 19.1 Å². The molecule has 1 spiro atoms. The molecule has 5 N–H and O–H groups in total. The number of hydrogen-bond donors (Lipinski definition) is 4. The number of nitrogens with zero attached hydrogens (tertiary/aromatic N) is 2. The van der Waals surface area contributed by atoms with Gasteiger partial charge in [0.2, 0.25) is 5.28 Å². The molecule has 8 nitrogen and oxygen atoms in total. The van der Waals surface area contributed by atoms with Crippen molar-refractivity contribution >= 4 is 36.0 Å². The van der Waals surface area contributed by atoms with Gasteiger partial charge in [-0.25, -0.2) is 4.98 Å². The van der Waals surface area contributed by atoms with Gasteiger partial charge >= 0.3 is 7.60 Å². The third-order valence-electron chi connectivity index (χ3n) is 5.54. The predicted molar refractivity (Wildman–Crippen MR) is 82.2 cm³/mol. The normalized spacial score (nSPS) is 44.5. The summed E-state index contributed by atoms with van der Waals surface area (Å²) in [7, 11) is -3.58. The van der Waals surface area contributed by atoms with Crippen LogP contribution in [0, 0.1) is 11.3 Å². The summed E-state index contributed by atoms with van der Waals surface area (Å²) in [6.45, 7) is 0. The number of aromatic amines is 1. The van der Waals surface area contributed by atoms with E-state index < -0.39 is 19.8 Å². The number of aliphatic hydroxyl groups is 1. The van der Waals surface area contributed by atoms with E-state index in [9.17, 15) is 14.6 Å². The molecule has 10 heteroatoms. The van der Waals surface area contributed by atoms with Gasteiger partial charge in [0.25, 0.3) is 0 Å². The lowest BCUT2D eigenvalue weighted by Gasteiger charge is -2.22. The van der Waals surface area contributed by atoms with E-state index >= 15 is 0 Å². The van der Waals surface area contributed by atoms with Gasteiger partial charge < -0.3 is 25.2 Å². The van der Waals surface area contributed by atoms with Crippen molar-refractivity contribution in [3.8, 4) is 0 Å². The predicted octanol–water partition coefficient (Wildman–Crippen LogP) is 1.24. The fraction of sp³-hybridized carbons (Fsp3) is 0.538. The molecule has 0 amide bonds. The molecule has 2 unspecified atom stereocenters. The second-order valence-electron chi connectivity index (χ2n) is 6.73. The highest BCUT2D eigenvalue weighted by Gasteiger charge is 2.77. The summed E-state index contributed by atoms with van der Waals surface area (Å²) in [6, 6.07) is 0. The number of halogens is 1. The molecule has 3 heterocycles. The van der Waals surface area contributed by atoms with Crippen LogP contribution in [0.15, 0.2) is 6.20 Å². The number of hydrogen-bond acceptors (Lipinski definition) is 6. The maximum absolute atomic E-state index is 11.9. The first-order chi connectivity index (χ1) is 10.8. The van der Waals surface area contributed by atoms with Crippen LogP contribution < -0.4 is 5.73 Å². The molecule has 1 saturated heterocycles. The second kappa shape index (κ2) is 4.07. The number of anilines is 1. The molecule has 6 atom stereocenters. The molecule has 23 heavy (non-hydrogen) atoms. The van der Waals surface area contributed by atoms with Crippen LogP contribution in [0.2, 0.25) is 5.28 Å². The van der Waals surface area contributed by atoms with Crippen LogP contribution in [-0.2, 0) is 9.09 Å². The third-order valence-corrected chi connectivity index (χ3v) is 7.26. The summed E-state index contributed by atoms with van der Waals surface area (Å²) in [5.74, 6) is 0.124. The van der Waals surface area contributed by atoms with E-state index in [1.807, 2.05) is 0 Å². The minimum Gasteiger partial charge on any atom is -0.390 e. The minimum atomic E-state index is -3.58. The van der Waals surface area contributed by atoms with Gasteiger partial charge in [-0.15, -0.1) is 0 Å². The second-order valence-corrected chi connectivity index (χ2v) is 8.87. The van der Waals surface area contributed by atoms with Gasteiger partial charge in [-0.2, -0.15) is 4.98 Å². The van der Waals surface area contributed by atoms with Gasteiger partial charge in [0.15, 0.2) is 5.82 Å². The number of fused-ring (bicyclic) bond motifs is 1. The molecule has 2 aromatic rings. The van der Waals surface area contributed by atoms with Crippen LogP contribution in [-0.4, -0.2) is 43.3 Å². The van der Waals surface area contributed by atoms with Crippen LogP contribution in [0.1, 0.15) is 17.9 Å². The Balaban J connectivity index is 1.62. The number of nitrogens with one attached hydrogen (secondary N) is 1. The summed E-state index contributed by atoms with van der Waals surface area (Å²) in [6.07, 6.45) is 1.18. The summed E-state index contributed by atoms with van der Waals surface area (Å²) in [4.78, 5) is 20.9. The molecule has 122 valence electrons. The van der Waals surface area contributed by atoms with E-state index in [2.05, 4.69) is 15.0 Å². The number of aliphatic hydroxyl groups excluding tert-OH is 1. The molecular weight excluding hydrogens is 343 g/mol. The van der Waals surface area contributed by atoms with Crippen LogP contribution >= 0.6 is 19.2 Å². The van der Waals surface area contributed by atoms with Crippen LogP contribution in [0.5, 0.6) is 0 Å². The highest BCUT2D eigenvalue weighted by molar-refractivity contribution is 7.53. The Morgan fingerprint density at radius 1 is 1.52 bits per heavy atom. The van der Waals surface area contributed by atoms with Crippen LogP contribution in [0.25, 0.3) is 11.0 Å². The van der Waals surface area contributed by atoms with Crippen molar-refractivity contribution in [2.75, 3.05) is 11.9 Å². The molecule has 0 bridgehead atoms. The Bertz CT molecular complexity index is 901. The first-order valence-corrected chi connectivity index (χ1v) is 9.45. The third kappa shape index (κ3) is 1.70. The molecule has 2 aliphatic carbocycles. The van der Waals surface area contributed by atoms with Crippen molar-refractivity contribution in [3.63, 3.8) is 0 Å². The van der Waals surface area contributed by atoms with Gasteiger partial charge in [-0.3, -0.25) is 4.57 Å². The Hall–Kier alpha value is -1.18. The van der Waals surface area contributed by atoms with E-state index in [1.165, 1.54) is 0 Å². The fourth-order valence-electron chi connectivity index (χ4n) is 4.63. The van der Waals surface area contributed by atoms with E-state index in [-0.39, 0.29) is 34.5 Å². The first-order valence-electron chi connectivity index (χ1n) is 7.31. The number of nitrogens with two attached hydrogens (primary N) is 1. The fourth-order valence-corrected chi connectivity index (χ4v) is 6.86. The Morgan fingerprint density at radius 3 is 3.04 bits per heavy atom. The Morgan fingerprint density at radius 2 is 2.30 bits per heavy atom. The minimum absolute atomic E-state index is 0.0464. The smallest absolute Gasteiger partial charge is 0.329 e. The van der Waals surface area contributed by atoms with Crippen molar-refractivity contribution in [2.45, 2.75) is 24.5 Å². The lowest BCUT2D eigenvalue weighted by atomic mass is 9.92. The number of nitrogen functional groups attached to an aromatic ring is 1. The molecule has 3 aliphatic rings. The monoisotopic (exact) mass is 356 g/mol. The van der Waals surface area contributed by atoms with Gasteiger partial charge in [-0.05, 0) is 23.9 Å². The van der Waals surface area contributed by atoms with Gasteiger partial charge in [-0.1, -0.05) is 0 Å². The lowest BCUT2D eigenvalue weighted by molar-refractivity contribution is 0.0258. The van der Waals surface area contributed by atoms with Gasteiger partial charge in [0.05, 0.1) is 17.8 Å². The van der Waals surface area contributed by atoms with Crippen molar-refractivity contribution in [3.05, 3.63) is 17.0 Å². The Labute approximate surface area is 135 Å². The number of aromatic nitrogens is 3. The zero-order chi connectivity index (χ0) is 16.1. The lowest BCUT2D eigenvalue weighted by Crippen LogP contribution is -2.31. The molecular formula is C13H14ClN4O4P. The maximum Gasteiger partial charge on any atom is 0.329 e. The largest absolute Gasteiger partial charge is 0.390 e. The molecule has 1 aliphatic heterocycles. The first kappa shape index (κ1) is 14.2. The van der Waals surface area contributed by atoms with Crippen LogP contribution in [0.3, 0.4) is 0 Å². The highest BCUT2D eigenvalue weighted by Crippen LogP contribution is 2.79. The van der Waals surface area contributed by atoms with Crippen molar-refractivity contribution in [1.29, 1.82) is 0 Å². The van der Waals surface area contributed by atoms with Gasteiger partial charge in [0, 0.05) is 23.1 Å². The number of H-pyrrole nitrogens is 1. The molecule has 0 aromatic carbocycles. The van der Waals surface area contributed by atoms with E-state index in [4.69, 9.17) is 21.9 Å². The summed E-state index contributed by atoms with van der Waals surface area (Å²) in [5, 5.41) is 10.7. The van der Waals surface area contributed by atoms with Crippen molar-refractivity contribution in [1.82, 2.24) is 15.0 Å². The van der Waals surface area contributed by atoms with E-state index in [0.717, 1.165) is 12.0 Å². The van der Waals surface area contributed by atoms with Crippen molar-refractivity contribution in [2.24, 2.45) is 11.3 Å². The van der Waals surface area contributed by atoms with E-state index in [0.29, 0.717) is 11.0 Å². The zero-order valence-corrected chi connectivity index (χ0v) is 13.5. The molecule has 2 aromatic heterocycles. The topological polar surface area (TPSA) is 134 Å². The SMILES string of the molecule is Nc1nc(Cl)nc2c([C@H]3[C@H](O)[C@@H]4OP(=O)(O)CC45C[C@H]35)c[nH]c12. The molecule has 5 rings (SSSR count). The molecule has 3 fully saturated rings. The average molecular weight is 357 g/mol. The summed E-state index contributed by atoms with van der Waals surface area (Å²) in [5.41, 5.74) is 7.43. The maximum atomic E-state index is 11.9. The standard InChI is InChI=1S/C13H14ClN4O4P/c14-12-17-7-4(2-16-8(7)11(15)18-12)6-5-1-13(5)3-23(20,21)22-10(13)9(6)19/h2,5-6,9-10,16,19H,1,3H2,(H,20,21)(H2,15,17,18)/t5-,6-,9+,10+,13?/m1/s1. The molecule has 0 radical (unpaired) electrons.